The van der Waals surface area contributed by atoms with E-state index in [1.165, 1.54) is 18.2 Å². The maximum absolute atomic E-state index is 13.1. The fourth-order valence-corrected chi connectivity index (χ4v) is 0.920. The van der Waals surface area contributed by atoms with Crippen LogP contribution in [0.1, 0.15) is 0 Å². The van der Waals surface area contributed by atoms with E-state index in [-0.39, 0.29) is 5.69 Å². The first-order valence-corrected chi connectivity index (χ1v) is 4.16. The lowest BCUT2D eigenvalue weighted by Crippen LogP contribution is -1.98. The second-order valence-corrected chi connectivity index (χ2v) is 2.72. The first-order chi connectivity index (χ1) is 8.08. The normalized spacial score (nSPS) is 8.65. The third-order valence-electron chi connectivity index (χ3n) is 1.65. The van der Waals surface area contributed by atoms with Crippen molar-refractivity contribution in [2.75, 3.05) is 5.43 Å². The molecule has 0 saturated carbocycles. The van der Waals surface area contributed by atoms with E-state index in [1.54, 1.807) is 0 Å². The van der Waals surface area contributed by atoms with E-state index in [0.717, 1.165) is 12.1 Å². The van der Waals surface area contributed by atoms with E-state index in [1.807, 2.05) is 0 Å². The molecule has 17 heavy (non-hydrogen) atoms. The number of hydrogen-bond donors (Lipinski definition) is 1. The van der Waals surface area contributed by atoms with Crippen LogP contribution >= 0.6 is 0 Å². The van der Waals surface area contributed by atoms with Gasteiger partial charge in [-0.25, -0.2) is 0 Å². The van der Waals surface area contributed by atoms with E-state index in [0.29, 0.717) is 0 Å². The van der Waals surface area contributed by atoms with Crippen molar-refractivity contribution in [2.45, 2.75) is 0 Å². The van der Waals surface area contributed by atoms with Crippen LogP contribution in [0.15, 0.2) is 23.3 Å². The Hall–Kier alpha value is -3.00. The molecule has 0 heterocycles. The highest BCUT2D eigenvalue weighted by Gasteiger charge is 2.13. The monoisotopic (exact) mass is 233 g/mol. The fraction of sp³-hybridized carbons (Fsp3) is 0. The molecule has 0 saturated heterocycles. The molecule has 0 aliphatic carbocycles. The van der Waals surface area contributed by atoms with Crippen LogP contribution in [0, 0.1) is 38.6 Å². The molecule has 0 spiro atoms. The molecule has 84 valence electrons. The number of nitro groups is 1. The minimum Gasteiger partial charge on any atom is -0.276 e. The van der Waals surface area contributed by atoms with Crippen LogP contribution in [0.4, 0.5) is 15.8 Å². The maximum atomic E-state index is 13.1. The van der Waals surface area contributed by atoms with Gasteiger partial charge >= 0.3 is 5.69 Å². The maximum Gasteiger partial charge on any atom is 0.304 e. The molecule has 0 unspecified atom stereocenters. The van der Waals surface area contributed by atoms with Crippen molar-refractivity contribution >= 4 is 17.1 Å². The zero-order chi connectivity index (χ0) is 12.8. The highest BCUT2D eigenvalue weighted by atomic mass is 19.1. The van der Waals surface area contributed by atoms with E-state index < -0.39 is 22.1 Å². The minimum atomic E-state index is -1.04. The van der Waals surface area contributed by atoms with Crippen LogP contribution < -0.4 is 5.43 Å². The topological polar surface area (TPSA) is 115 Å². The number of anilines is 1. The molecule has 7 nitrogen and oxygen atoms in total. The summed E-state index contributed by atoms with van der Waals surface area (Å²) in [6.45, 7) is 0. The van der Waals surface area contributed by atoms with Crippen LogP contribution in [0.2, 0.25) is 0 Å². The SMILES string of the molecule is N#CC(C#N)=NNc1ccc([N+](=O)[O-])c(F)c1. The van der Waals surface area contributed by atoms with Crippen molar-refractivity contribution in [2.24, 2.45) is 5.10 Å². The summed E-state index contributed by atoms with van der Waals surface area (Å²) in [5.74, 6) is -1.04. The van der Waals surface area contributed by atoms with Crippen molar-refractivity contribution < 1.29 is 9.31 Å². The Labute approximate surface area is 94.5 Å². The van der Waals surface area contributed by atoms with Gasteiger partial charge in [-0.2, -0.15) is 20.0 Å². The first kappa shape index (κ1) is 12.1. The van der Waals surface area contributed by atoms with E-state index in [9.17, 15) is 14.5 Å². The Morgan fingerprint density at radius 3 is 2.59 bits per heavy atom. The molecule has 0 atom stereocenters. The number of rotatable bonds is 3. The van der Waals surface area contributed by atoms with Crippen LogP contribution in [-0.2, 0) is 0 Å². The Morgan fingerprint density at radius 1 is 1.47 bits per heavy atom. The van der Waals surface area contributed by atoms with E-state index in [4.69, 9.17) is 10.5 Å². The summed E-state index contributed by atoms with van der Waals surface area (Å²) in [7, 11) is 0. The van der Waals surface area contributed by atoms with E-state index in [2.05, 4.69) is 10.5 Å². The molecule has 1 aromatic rings. The third-order valence-corrected chi connectivity index (χ3v) is 1.65. The Balaban J connectivity index is 2.94. The van der Waals surface area contributed by atoms with Crippen LogP contribution in [-0.4, -0.2) is 10.6 Å². The predicted octanol–water partition coefficient (Wildman–Crippen LogP) is 1.55. The quantitative estimate of drug-likeness (QED) is 0.483. The Bertz CT molecular complexity index is 554. The van der Waals surface area contributed by atoms with Gasteiger partial charge in [-0.15, -0.1) is 0 Å². The standard InChI is InChI=1S/C9H4FN5O2/c10-8-3-6(1-2-9(8)15(16)17)13-14-7(4-11)5-12/h1-3,13H. The largest absolute Gasteiger partial charge is 0.304 e. The van der Waals surface area contributed by atoms with Gasteiger partial charge in [0.2, 0.25) is 11.5 Å². The van der Waals surface area contributed by atoms with Gasteiger partial charge in [0.25, 0.3) is 0 Å². The number of nitriles is 2. The van der Waals surface area contributed by atoms with Crippen molar-refractivity contribution in [1.29, 1.82) is 10.5 Å². The summed E-state index contributed by atoms with van der Waals surface area (Å²) in [5, 5.41) is 30.4. The summed E-state index contributed by atoms with van der Waals surface area (Å²) >= 11 is 0. The zero-order valence-electron chi connectivity index (χ0n) is 8.22. The minimum absolute atomic E-state index is 0.0936. The van der Waals surface area contributed by atoms with Gasteiger partial charge in [0.05, 0.1) is 10.6 Å². The smallest absolute Gasteiger partial charge is 0.276 e. The number of halogens is 1. The lowest BCUT2D eigenvalue weighted by molar-refractivity contribution is -0.387. The molecule has 0 fully saturated rings. The lowest BCUT2D eigenvalue weighted by atomic mass is 10.3. The van der Waals surface area contributed by atoms with Gasteiger partial charge in [-0.05, 0) is 6.07 Å². The molecule has 0 radical (unpaired) electrons. The number of nitro benzene ring substituents is 1. The number of nitrogens with one attached hydrogen (secondary N) is 1. The fourth-order valence-electron chi connectivity index (χ4n) is 0.920. The highest BCUT2D eigenvalue weighted by molar-refractivity contribution is 6.10. The second kappa shape index (κ2) is 5.19. The predicted molar refractivity (Wildman–Crippen MR) is 55.3 cm³/mol. The number of nitrogens with zero attached hydrogens (tertiary/aromatic N) is 4. The highest BCUT2D eigenvalue weighted by Crippen LogP contribution is 2.20. The molecular formula is C9H4FN5O2. The van der Waals surface area contributed by atoms with Gasteiger partial charge < -0.3 is 0 Å². The average Bonchev–Trinajstić information content (AvgIpc) is 2.30. The van der Waals surface area contributed by atoms with Crippen molar-refractivity contribution in [3.63, 3.8) is 0 Å². The van der Waals surface area contributed by atoms with E-state index >= 15 is 0 Å². The van der Waals surface area contributed by atoms with Gasteiger partial charge in [-0.3, -0.25) is 15.5 Å². The number of hydrogen-bond acceptors (Lipinski definition) is 6. The molecule has 1 aromatic carbocycles. The molecule has 0 aliphatic heterocycles. The summed E-state index contributed by atoms with van der Waals surface area (Å²) in [6.07, 6.45) is 0. The summed E-state index contributed by atoms with van der Waals surface area (Å²) in [4.78, 5) is 9.46. The second-order valence-electron chi connectivity index (χ2n) is 2.72. The molecule has 8 heteroatoms. The molecule has 0 amide bonds. The van der Waals surface area contributed by atoms with Crippen molar-refractivity contribution in [3.05, 3.63) is 34.1 Å². The number of hydrazone groups is 1. The Kier molecular flexibility index (Phi) is 3.68. The zero-order valence-corrected chi connectivity index (χ0v) is 8.22. The Morgan fingerprint density at radius 2 is 2.12 bits per heavy atom. The van der Waals surface area contributed by atoms with Gasteiger partial charge in [0.1, 0.15) is 12.1 Å². The van der Waals surface area contributed by atoms with Crippen molar-refractivity contribution in [3.8, 4) is 12.1 Å². The number of benzene rings is 1. The van der Waals surface area contributed by atoms with Crippen molar-refractivity contribution in [1.82, 2.24) is 0 Å². The molecule has 1 N–H and O–H groups in total. The van der Waals surface area contributed by atoms with Gasteiger partial charge in [-0.1, -0.05) is 0 Å². The average molecular weight is 233 g/mol. The van der Waals surface area contributed by atoms with Crippen LogP contribution in [0.3, 0.4) is 0 Å². The third kappa shape index (κ3) is 2.97. The molecule has 1 rings (SSSR count). The molecule has 0 bridgehead atoms. The van der Waals surface area contributed by atoms with Gasteiger partial charge in [0.15, 0.2) is 0 Å². The lowest BCUT2D eigenvalue weighted by Gasteiger charge is -1.99. The summed E-state index contributed by atoms with van der Waals surface area (Å²) in [5.41, 5.74) is 1.22. The summed E-state index contributed by atoms with van der Waals surface area (Å²) < 4.78 is 13.1. The summed E-state index contributed by atoms with van der Waals surface area (Å²) in [6, 6.07) is 5.98. The molecule has 0 aliphatic rings. The van der Waals surface area contributed by atoms with Gasteiger partial charge in [0, 0.05) is 12.1 Å². The first-order valence-electron chi connectivity index (χ1n) is 4.16. The molecular weight excluding hydrogens is 229 g/mol. The van der Waals surface area contributed by atoms with Crippen LogP contribution in [0.5, 0.6) is 0 Å². The molecule has 0 aromatic heterocycles. The van der Waals surface area contributed by atoms with Crippen LogP contribution in [0.25, 0.3) is 0 Å².